The van der Waals surface area contributed by atoms with E-state index in [0.717, 1.165) is 5.56 Å². The second-order valence-electron chi connectivity index (χ2n) is 6.47. The van der Waals surface area contributed by atoms with Gasteiger partial charge in [-0.1, -0.05) is 35.5 Å². The van der Waals surface area contributed by atoms with Crippen LogP contribution in [0.25, 0.3) is 22.6 Å². The highest BCUT2D eigenvalue weighted by Crippen LogP contribution is 2.36. The zero-order valence-corrected chi connectivity index (χ0v) is 16.1. The number of anilines is 2. The van der Waals surface area contributed by atoms with Gasteiger partial charge in [0.1, 0.15) is 22.9 Å². The Morgan fingerprint density at radius 1 is 1.07 bits per heavy atom. The molecule has 0 aliphatic carbocycles. The number of aromatic nitrogens is 3. The third-order valence-corrected chi connectivity index (χ3v) is 4.41. The Balaban J connectivity index is 1.72. The first kappa shape index (κ1) is 19.3. The van der Waals surface area contributed by atoms with Crippen molar-refractivity contribution in [3.8, 4) is 22.6 Å². The molecule has 2 N–H and O–H groups in total. The number of nitrogens with one attached hydrogen (secondary N) is 2. The Bertz CT molecular complexity index is 1160. The van der Waals surface area contributed by atoms with E-state index in [9.17, 15) is 9.18 Å². The van der Waals surface area contributed by atoms with E-state index in [0.29, 0.717) is 28.5 Å². The lowest BCUT2D eigenvalue weighted by atomic mass is 10.1. The summed E-state index contributed by atoms with van der Waals surface area (Å²) in [5, 5.41) is 9.80. The van der Waals surface area contributed by atoms with Gasteiger partial charge in [-0.25, -0.2) is 14.4 Å². The van der Waals surface area contributed by atoms with Crippen molar-refractivity contribution in [1.82, 2.24) is 15.1 Å². The fourth-order valence-electron chi connectivity index (χ4n) is 2.96. The number of hydrogen-bond donors (Lipinski definition) is 2. The van der Waals surface area contributed by atoms with Gasteiger partial charge in [-0.2, -0.15) is 0 Å². The van der Waals surface area contributed by atoms with Crippen molar-refractivity contribution in [2.45, 2.75) is 6.42 Å². The largest absolute Gasteiger partial charge is 0.373 e. The van der Waals surface area contributed by atoms with Crippen LogP contribution >= 0.6 is 0 Å². The van der Waals surface area contributed by atoms with Gasteiger partial charge in [0.25, 0.3) is 0 Å². The van der Waals surface area contributed by atoms with Crippen molar-refractivity contribution in [1.29, 1.82) is 0 Å². The molecule has 0 atom stereocenters. The van der Waals surface area contributed by atoms with Crippen LogP contribution in [0.15, 0.2) is 71.4 Å². The minimum absolute atomic E-state index is 0.128. The van der Waals surface area contributed by atoms with Crippen LogP contribution in [0.2, 0.25) is 0 Å². The van der Waals surface area contributed by atoms with Crippen LogP contribution in [0.4, 0.5) is 16.1 Å². The van der Waals surface area contributed by atoms with E-state index >= 15 is 0 Å². The van der Waals surface area contributed by atoms with E-state index in [4.69, 9.17) is 4.52 Å². The molecule has 1 amide bonds. The Morgan fingerprint density at radius 2 is 1.83 bits per heavy atom. The third-order valence-electron chi connectivity index (χ3n) is 4.41. The first-order chi connectivity index (χ1) is 14.6. The molecule has 30 heavy (non-hydrogen) atoms. The minimum atomic E-state index is -0.367. The van der Waals surface area contributed by atoms with E-state index in [-0.39, 0.29) is 24.0 Å². The maximum Gasteiger partial charge on any atom is 0.243 e. The number of amides is 1. The predicted molar refractivity (Wildman–Crippen MR) is 111 cm³/mol. The van der Waals surface area contributed by atoms with Crippen LogP contribution in [0.5, 0.6) is 0 Å². The summed E-state index contributed by atoms with van der Waals surface area (Å²) in [6.45, 7) is 0. The minimum Gasteiger partial charge on any atom is -0.373 e. The van der Waals surface area contributed by atoms with Crippen molar-refractivity contribution in [3.05, 3.63) is 78.2 Å². The number of rotatable bonds is 6. The Labute approximate surface area is 172 Å². The summed E-state index contributed by atoms with van der Waals surface area (Å²) in [6.07, 6.45) is 1.76. The molecule has 2 heterocycles. The number of halogens is 1. The van der Waals surface area contributed by atoms with Crippen molar-refractivity contribution in [2.24, 2.45) is 0 Å². The molecular weight excluding hydrogens is 385 g/mol. The average Bonchev–Trinajstić information content (AvgIpc) is 3.18. The first-order valence-corrected chi connectivity index (χ1v) is 9.24. The normalized spacial score (nSPS) is 10.6. The molecule has 4 aromatic rings. The van der Waals surface area contributed by atoms with Gasteiger partial charge < -0.3 is 9.84 Å². The maximum absolute atomic E-state index is 13.4. The molecule has 4 rings (SSSR count). The summed E-state index contributed by atoms with van der Waals surface area (Å²) in [5.74, 6) is 0.399. The van der Waals surface area contributed by atoms with E-state index in [1.54, 1.807) is 31.4 Å². The summed E-state index contributed by atoms with van der Waals surface area (Å²) in [4.78, 5) is 21.3. The fourth-order valence-corrected chi connectivity index (χ4v) is 2.96. The Kier molecular flexibility index (Phi) is 5.47. The molecule has 0 radical (unpaired) electrons. The smallest absolute Gasteiger partial charge is 0.243 e. The van der Waals surface area contributed by atoms with E-state index in [1.807, 2.05) is 30.3 Å². The zero-order valence-electron chi connectivity index (χ0n) is 16.1. The molecule has 0 unspecified atom stereocenters. The number of nitrogens with zero attached hydrogens (tertiary/aromatic N) is 3. The van der Waals surface area contributed by atoms with Gasteiger partial charge in [0, 0.05) is 18.8 Å². The lowest BCUT2D eigenvalue weighted by Gasteiger charge is -2.07. The monoisotopic (exact) mass is 403 g/mol. The van der Waals surface area contributed by atoms with Gasteiger partial charge in [-0.05, 0) is 35.9 Å². The van der Waals surface area contributed by atoms with Gasteiger partial charge >= 0.3 is 0 Å². The van der Waals surface area contributed by atoms with Gasteiger partial charge in [0.05, 0.1) is 6.42 Å². The van der Waals surface area contributed by atoms with Gasteiger partial charge in [-0.15, -0.1) is 0 Å². The molecule has 2 aromatic heterocycles. The predicted octanol–water partition coefficient (Wildman–Crippen LogP) is 4.16. The fraction of sp³-hybridized carbons (Fsp3) is 0.0909. The molecule has 0 aliphatic heterocycles. The zero-order chi connectivity index (χ0) is 20.9. The standard InChI is InChI=1S/C22H18FN5O2/c1-24-17-11-12-25-21(26-17)19-20(15-7-9-16(23)10-8-15)28-30-22(19)27-18(29)13-14-5-3-2-4-6-14/h2-12H,13H2,1H3,(H,27,29)(H,24,25,26). The van der Waals surface area contributed by atoms with Crippen LogP contribution in [0.1, 0.15) is 5.56 Å². The molecule has 0 bridgehead atoms. The molecule has 150 valence electrons. The Hall–Kier alpha value is -4.07. The summed E-state index contributed by atoms with van der Waals surface area (Å²) in [6, 6.07) is 16.9. The van der Waals surface area contributed by atoms with E-state index in [2.05, 4.69) is 25.8 Å². The summed E-state index contributed by atoms with van der Waals surface area (Å²) >= 11 is 0. The summed E-state index contributed by atoms with van der Waals surface area (Å²) < 4.78 is 18.8. The molecular formula is C22H18FN5O2. The molecule has 2 aromatic carbocycles. The van der Waals surface area contributed by atoms with Crippen LogP contribution in [-0.2, 0) is 11.2 Å². The van der Waals surface area contributed by atoms with E-state index < -0.39 is 0 Å². The maximum atomic E-state index is 13.4. The van der Waals surface area contributed by atoms with Crippen molar-refractivity contribution in [3.63, 3.8) is 0 Å². The van der Waals surface area contributed by atoms with Gasteiger partial charge in [0.15, 0.2) is 5.82 Å². The van der Waals surface area contributed by atoms with Crippen molar-refractivity contribution in [2.75, 3.05) is 17.7 Å². The SMILES string of the molecule is CNc1ccnc(-c2c(-c3ccc(F)cc3)noc2NC(=O)Cc2ccccc2)n1. The first-order valence-electron chi connectivity index (χ1n) is 9.24. The molecule has 8 heteroatoms. The van der Waals surface area contributed by atoms with Crippen LogP contribution in [0, 0.1) is 5.82 Å². The lowest BCUT2D eigenvalue weighted by molar-refractivity contribution is -0.115. The van der Waals surface area contributed by atoms with Crippen LogP contribution in [0.3, 0.4) is 0 Å². The molecule has 7 nitrogen and oxygen atoms in total. The second-order valence-corrected chi connectivity index (χ2v) is 6.47. The molecule has 0 fully saturated rings. The quantitative estimate of drug-likeness (QED) is 0.502. The number of benzene rings is 2. The molecule has 0 aliphatic rings. The number of carbonyl (C=O) groups is 1. The van der Waals surface area contributed by atoms with E-state index in [1.165, 1.54) is 12.1 Å². The summed E-state index contributed by atoms with van der Waals surface area (Å²) in [5.41, 5.74) is 2.29. The number of hydrogen-bond acceptors (Lipinski definition) is 6. The van der Waals surface area contributed by atoms with Crippen LogP contribution in [-0.4, -0.2) is 28.1 Å². The molecule has 0 saturated carbocycles. The van der Waals surface area contributed by atoms with Crippen LogP contribution < -0.4 is 10.6 Å². The highest BCUT2D eigenvalue weighted by Gasteiger charge is 2.23. The van der Waals surface area contributed by atoms with Crippen molar-refractivity contribution >= 4 is 17.6 Å². The topological polar surface area (TPSA) is 92.9 Å². The Morgan fingerprint density at radius 3 is 2.57 bits per heavy atom. The lowest BCUT2D eigenvalue weighted by Crippen LogP contribution is -2.14. The molecule has 0 saturated heterocycles. The third kappa shape index (κ3) is 4.17. The van der Waals surface area contributed by atoms with Gasteiger partial charge in [-0.3, -0.25) is 10.1 Å². The number of carbonyl (C=O) groups excluding carboxylic acids is 1. The van der Waals surface area contributed by atoms with Gasteiger partial charge in [0.2, 0.25) is 11.8 Å². The summed E-state index contributed by atoms with van der Waals surface area (Å²) in [7, 11) is 1.74. The average molecular weight is 403 g/mol. The highest BCUT2D eigenvalue weighted by molar-refractivity contribution is 5.97. The highest BCUT2D eigenvalue weighted by atomic mass is 19.1. The van der Waals surface area contributed by atoms with Crippen molar-refractivity contribution < 1.29 is 13.7 Å². The molecule has 0 spiro atoms. The second kappa shape index (κ2) is 8.52.